The molecule has 3 rings (SSSR count). The predicted octanol–water partition coefficient (Wildman–Crippen LogP) is -3.54. The van der Waals surface area contributed by atoms with Gasteiger partial charge in [-0.3, -0.25) is 57.5 Å². The van der Waals surface area contributed by atoms with E-state index in [0.717, 1.165) is 24.4 Å². The first-order chi connectivity index (χ1) is 44.8. The number of hydrogen-bond acceptors (Lipinski definition) is 19. The summed E-state index contributed by atoms with van der Waals surface area (Å²) in [4.78, 5) is 193. The van der Waals surface area contributed by atoms with Crippen LogP contribution in [0.15, 0.2) is 96.2 Å². The van der Waals surface area contributed by atoms with Crippen LogP contribution in [0.4, 0.5) is 0 Å². The van der Waals surface area contributed by atoms with E-state index >= 15 is 0 Å². The Morgan fingerprint density at radius 1 is 0.547 bits per heavy atom. The van der Waals surface area contributed by atoms with Gasteiger partial charge in [0, 0.05) is 26.9 Å². The van der Waals surface area contributed by atoms with Crippen LogP contribution in [0.25, 0.3) is 0 Å². The van der Waals surface area contributed by atoms with E-state index in [1.807, 2.05) is 18.2 Å². The van der Waals surface area contributed by atoms with Gasteiger partial charge in [0.25, 0.3) is 5.71 Å². The minimum absolute atomic E-state index is 0.00319. The van der Waals surface area contributed by atoms with Crippen molar-refractivity contribution < 1.29 is 82.2 Å². The molecule has 95 heavy (non-hydrogen) atoms. The fourth-order valence-corrected chi connectivity index (χ4v) is 9.07. The number of carboxylic acid groups (broad SMARTS) is 1. The van der Waals surface area contributed by atoms with E-state index in [1.54, 1.807) is 100 Å². The van der Waals surface area contributed by atoms with E-state index < -0.39 is 181 Å². The number of amides is 12. The van der Waals surface area contributed by atoms with Crippen LogP contribution in [-0.2, 0) is 91.2 Å². The average molecular weight is 1320 g/mol. The lowest BCUT2D eigenvalue weighted by Gasteiger charge is -2.31. The number of oxime groups is 1. The Kier molecular flexibility index (Phi) is 32.3. The summed E-state index contributed by atoms with van der Waals surface area (Å²) in [6.07, 6.45) is -1.20. The van der Waals surface area contributed by atoms with Crippen LogP contribution >= 0.6 is 0 Å². The second-order valence-electron chi connectivity index (χ2n) is 23.0. The molecule has 0 bridgehead atoms. The summed E-state index contributed by atoms with van der Waals surface area (Å²) in [5.74, 6) is -15.2. The molecule has 0 aliphatic rings. The third-order valence-corrected chi connectivity index (χ3v) is 14.5. The molecule has 0 aromatic heterocycles. The molecule has 3 aromatic carbocycles. The molecule has 0 aliphatic carbocycles. The molecule has 10 atom stereocenters. The molecule has 32 nitrogen and oxygen atoms in total. The molecule has 32 heteroatoms. The molecular formula is C63H85N15O17. The van der Waals surface area contributed by atoms with Crippen molar-refractivity contribution in [3.8, 4) is 6.07 Å². The number of aliphatic carboxylic acids is 1. The van der Waals surface area contributed by atoms with Gasteiger partial charge in [-0.15, -0.1) is 0 Å². The first-order valence-corrected chi connectivity index (χ1v) is 30.2. The zero-order chi connectivity index (χ0) is 71.2. The maximum Gasteiger partial charge on any atom is 0.369 e. The summed E-state index contributed by atoms with van der Waals surface area (Å²) in [6, 6.07) is 12.7. The van der Waals surface area contributed by atoms with Gasteiger partial charge in [0.05, 0.1) is 32.2 Å². The number of carbonyl (C=O) groups excluding carboxylic acids is 13. The van der Waals surface area contributed by atoms with Gasteiger partial charge in [0.1, 0.15) is 60.4 Å². The molecule has 0 fully saturated rings. The van der Waals surface area contributed by atoms with Crippen LogP contribution in [-0.4, -0.2) is 203 Å². The highest BCUT2D eigenvalue weighted by molar-refractivity contribution is 6.42. The number of likely N-dealkylation sites (N-methyl/N-ethyl adjacent to an activating group) is 2. The normalized spacial score (nSPS) is 14.3. The standard InChI is InChI=1S/C63H85N15O17/c1-34(2)25-43(71-50(81)32-68-59(89)48(28-41-23-17-12-18-24-41)78(9)61(91)37(6)70-55(85)42(65)26-39-19-13-10-14-20-39)57(87)69-36(5)53(83)75-52(35(3)4)60(90)72-44(27-40-21-15-11-16-22-40)58(88)73-45(29-51(82)95-76-46(30-64)63(93)94)62(92)77(8)38(7)54(84)74-47(33-79)56(86)67-31-49(66)80/h10-24,34-38,42-45,47-48,52,79H,25-29,31-33,65H2,1-9H3,(H2,66,80)(H,67,86)(H,68,89)(H,69,87)(H,70,85)(H,71,81)(H,72,90)(H,73,88)(H,74,84)(H,75,83)(H,93,94)/b76-46+/t36-,37-,38-,42-,43-,44-,45-,47-,48-,52-/m0/s1. The molecular weight excluding hydrogens is 1240 g/mol. The van der Waals surface area contributed by atoms with Crippen LogP contribution in [0.1, 0.15) is 78.0 Å². The number of nitriles is 1. The quantitative estimate of drug-likeness (QED) is 0.0151. The molecule has 12 amide bonds. The Hall–Kier alpha value is -10.7. The largest absolute Gasteiger partial charge is 0.476 e. The fraction of sp³-hybridized carbons (Fsp3) is 0.460. The van der Waals surface area contributed by atoms with Crippen LogP contribution < -0.4 is 59.3 Å². The summed E-state index contributed by atoms with van der Waals surface area (Å²) in [5, 5.41) is 53.2. The van der Waals surface area contributed by atoms with Gasteiger partial charge in [-0.25, -0.2) is 9.59 Å². The fourth-order valence-electron chi connectivity index (χ4n) is 9.07. The number of hydrogen-bond donors (Lipinski definition) is 13. The van der Waals surface area contributed by atoms with Gasteiger partial charge in [0.15, 0.2) is 0 Å². The van der Waals surface area contributed by atoms with Crippen LogP contribution in [0, 0.1) is 23.2 Å². The third kappa shape index (κ3) is 26.5. The molecule has 0 aliphatic heterocycles. The molecule has 0 unspecified atom stereocenters. The highest BCUT2D eigenvalue weighted by Gasteiger charge is 2.38. The lowest BCUT2D eigenvalue weighted by molar-refractivity contribution is -0.149. The van der Waals surface area contributed by atoms with Crippen molar-refractivity contribution in [1.82, 2.24) is 57.7 Å². The second kappa shape index (κ2) is 39.0. The van der Waals surface area contributed by atoms with Gasteiger partial charge in [-0.1, -0.05) is 124 Å². The zero-order valence-electron chi connectivity index (χ0n) is 54.2. The number of nitrogens with zero attached hydrogens (tertiary/aromatic N) is 4. The minimum atomic E-state index is -2.02. The van der Waals surface area contributed by atoms with Crippen molar-refractivity contribution in [2.75, 3.05) is 33.8 Å². The molecule has 0 heterocycles. The van der Waals surface area contributed by atoms with E-state index in [4.69, 9.17) is 16.7 Å². The number of carbonyl (C=O) groups is 14. The van der Waals surface area contributed by atoms with Crippen molar-refractivity contribution in [3.05, 3.63) is 108 Å². The predicted molar refractivity (Wildman–Crippen MR) is 340 cm³/mol. The maximum atomic E-state index is 14.5. The lowest BCUT2D eigenvalue weighted by atomic mass is 10.00. The summed E-state index contributed by atoms with van der Waals surface area (Å²) >= 11 is 0. The van der Waals surface area contributed by atoms with E-state index in [9.17, 15) is 77.3 Å². The third-order valence-electron chi connectivity index (χ3n) is 14.5. The summed E-state index contributed by atoms with van der Waals surface area (Å²) in [5.41, 5.74) is 11.9. The summed E-state index contributed by atoms with van der Waals surface area (Å²) < 4.78 is 0. The first kappa shape index (κ1) is 78.6. The van der Waals surface area contributed by atoms with E-state index in [-0.39, 0.29) is 31.6 Å². The first-order valence-electron chi connectivity index (χ1n) is 30.2. The van der Waals surface area contributed by atoms with Crippen molar-refractivity contribution >= 4 is 88.5 Å². The number of benzene rings is 3. The van der Waals surface area contributed by atoms with Crippen molar-refractivity contribution in [1.29, 1.82) is 5.26 Å². The SMILES string of the molecule is CC(C)C[C@H](NC(=O)CNC(=O)[C@H](Cc1ccccc1)N(C)C(=O)[C@H](C)NC(=O)[C@@H](N)Cc1ccccc1)C(=O)N[C@@H](C)C(=O)N[C@H](C(=O)N[C@@H](Cc1ccccc1)C(=O)N[C@@H](CC(=O)O/N=C(\C#N)C(=O)O)C(=O)N(C)[C@@H](C)C(=O)N[C@@H](CO)C(=O)NCC(N)=O)C(C)C. The molecule has 3 aromatic rings. The molecule has 0 radical (unpaired) electrons. The van der Waals surface area contributed by atoms with Gasteiger partial charge in [-0.2, -0.15) is 5.26 Å². The van der Waals surface area contributed by atoms with E-state index in [1.165, 1.54) is 27.0 Å². The number of rotatable bonds is 37. The van der Waals surface area contributed by atoms with Crippen LogP contribution in [0.3, 0.4) is 0 Å². The van der Waals surface area contributed by atoms with Crippen LogP contribution in [0.5, 0.6) is 0 Å². The Labute approximate surface area is 548 Å². The highest BCUT2D eigenvalue weighted by Crippen LogP contribution is 2.14. The van der Waals surface area contributed by atoms with Crippen molar-refractivity contribution in [3.63, 3.8) is 0 Å². The van der Waals surface area contributed by atoms with Gasteiger partial charge < -0.3 is 84.2 Å². The Morgan fingerprint density at radius 3 is 1.57 bits per heavy atom. The highest BCUT2D eigenvalue weighted by atomic mass is 16.7. The maximum absolute atomic E-state index is 14.5. The van der Waals surface area contributed by atoms with Crippen LogP contribution in [0.2, 0.25) is 0 Å². The molecule has 0 saturated carbocycles. The Bertz CT molecular complexity index is 3280. The zero-order valence-corrected chi connectivity index (χ0v) is 54.2. The molecule has 0 saturated heterocycles. The molecule has 514 valence electrons. The average Bonchev–Trinajstić information content (AvgIpc) is 0.872. The van der Waals surface area contributed by atoms with Crippen molar-refractivity contribution in [2.24, 2.45) is 28.5 Å². The number of nitrogens with one attached hydrogen (secondary N) is 9. The summed E-state index contributed by atoms with van der Waals surface area (Å²) in [7, 11) is 2.43. The van der Waals surface area contributed by atoms with E-state index in [0.29, 0.717) is 16.0 Å². The number of nitrogens with two attached hydrogens (primary N) is 2. The topological polar surface area (TPSA) is 492 Å². The molecule has 15 N–H and O–H groups in total. The minimum Gasteiger partial charge on any atom is -0.476 e. The number of carboxylic acids is 1. The summed E-state index contributed by atoms with van der Waals surface area (Å²) in [6.45, 7) is 8.23. The number of primary amides is 1. The number of aliphatic hydroxyl groups is 1. The Balaban J connectivity index is 1.82. The van der Waals surface area contributed by atoms with Gasteiger partial charge in [0.2, 0.25) is 70.9 Å². The smallest absolute Gasteiger partial charge is 0.369 e. The molecule has 0 spiro atoms. The van der Waals surface area contributed by atoms with E-state index in [2.05, 4.69) is 57.8 Å². The monoisotopic (exact) mass is 1320 g/mol. The number of aliphatic hydroxyl groups excluding tert-OH is 1. The lowest BCUT2D eigenvalue weighted by Crippen LogP contribution is -2.61. The Morgan fingerprint density at radius 2 is 1.05 bits per heavy atom. The van der Waals surface area contributed by atoms with Gasteiger partial charge in [-0.05, 0) is 62.1 Å². The second-order valence-corrected chi connectivity index (χ2v) is 23.0. The van der Waals surface area contributed by atoms with Gasteiger partial charge >= 0.3 is 11.9 Å². The van der Waals surface area contributed by atoms with Crippen molar-refractivity contribution in [2.45, 2.75) is 141 Å².